The maximum atomic E-state index is 10.6. The van der Waals surface area contributed by atoms with Gasteiger partial charge in [-0.05, 0) is 57.8 Å². The molecule has 2 nitrogen and oxygen atoms in total. The highest BCUT2D eigenvalue weighted by Gasteiger charge is 2.01. The first-order valence-corrected chi connectivity index (χ1v) is 9.05. The van der Waals surface area contributed by atoms with Gasteiger partial charge in [0.15, 0.2) is 0 Å². The zero-order chi connectivity index (χ0) is 17.2. The fraction of sp³-hybridized carbons (Fsp3) is 0.571. The molecular weight excluding hydrogens is 284 g/mol. The van der Waals surface area contributed by atoms with Gasteiger partial charge in [0.05, 0.1) is 0 Å². The van der Waals surface area contributed by atoms with Gasteiger partial charge in [-0.1, -0.05) is 62.0 Å². The van der Waals surface area contributed by atoms with Gasteiger partial charge in [0.1, 0.15) is 0 Å². The molecule has 0 saturated carbocycles. The zero-order valence-electron chi connectivity index (χ0n) is 15.0. The van der Waals surface area contributed by atoms with Crippen LogP contribution in [0.1, 0.15) is 78.1 Å². The molecule has 0 aliphatic carbocycles. The number of hydrogen-bond acceptors (Lipinski definition) is 1. The lowest BCUT2D eigenvalue weighted by atomic mass is 10.0. The number of rotatable bonds is 14. The van der Waals surface area contributed by atoms with Crippen molar-refractivity contribution in [1.29, 1.82) is 0 Å². The predicted molar refractivity (Wildman–Crippen MR) is 101 cm³/mol. The fourth-order valence-electron chi connectivity index (χ4n) is 2.33. The number of carboxylic acid groups (broad SMARTS) is 1. The summed E-state index contributed by atoms with van der Waals surface area (Å²) in [5.41, 5.74) is 1.31. The van der Waals surface area contributed by atoms with Gasteiger partial charge in [-0.15, -0.1) is 0 Å². The summed E-state index contributed by atoms with van der Waals surface area (Å²) < 4.78 is 0. The molecule has 0 aromatic heterocycles. The molecule has 0 saturated heterocycles. The Kier molecular flexibility index (Phi) is 15.6. The van der Waals surface area contributed by atoms with Crippen LogP contribution >= 0.6 is 0 Å². The molecule has 1 N–H and O–H groups in total. The van der Waals surface area contributed by atoms with E-state index < -0.39 is 5.97 Å². The first kappa shape index (κ1) is 21.4. The highest BCUT2D eigenvalue weighted by Crippen LogP contribution is 2.15. The normalized spacial score (nSPS) is 12.9. The summed E-state index contributed by atoms with van der Waals surface area (Å²) in [4.78, 5) is 10.6. The van der Waals surface area contributed by atoms with Crippen molar-refractivity contribution in [3.63, 3.8) is 0 Å². The van der Waals surface area contributed by atoms with E-state index in [1.54, 1.807) is 0 Å². The van der Waals surface area contributed by atoms with E-state index in [1.807, 2.05) is 0 Å². The van der Waals surface area contributed by atoms with Gasteiger partial charge in [0.25, 0.3) is 0 Å². The predicted octanol–water partition coefficient (Wildman–Crippen LogP) is 6.61. The number of allylic oxidation sites excluding steroid dienone is 8. The van der Waals surface area contributed by atoms with E-state index in [0.717, 1.165) is 44.9 Å². The molecule has 0 atom stereocenters. The molecule has 2 heteroatoms. The van der Waals surface area contributed by atoms with Crippen molar-refractivity contribution in [2.24, 2.45) is 0 Å². The molecule has 23 heavy (non-hydrogen) atoms. The van der Waals surface area contributed by atoms with Crippen LogP contribution in [0, 0.1) is 0 Å². The third-order valence-corrected chi connectivity index (χ3v) is 3.55. The molecule has 0 unspecified atom stereocenters. The highest BCUT2D eigenvalue weighted by atomic mass is 16.4. The summed E-state index contributed by atoms with van der Waals surface area (Å²) in [6, 6.07) is 0. The Hall–Kier alpha value is -1.57. The molecule has 0 aliphatic heterocycles. The van der Waals surface area contributed by atoms with Gasteiger partial charge >= 0.3 is 5.97 Å². The van der Waals surface area contributed by atoms with Crippen molar-refractivity contribution in [1.82, 2.24) is 0 Å². The van der Waals surface area contributed by atoms with Crippen LogP contribution < -0.4 is 0 Å². The summed E-state index contributed by atoms with van der Waals surface area (Å²) in [5, 5.41) is 8.76. The van der Waals surface area contributed by atoms with E-state index in [-0.39, 0.29) is 6.42 Å². The largest absolute Gasteiger partial charge is 0.481 e. The quantitative estimate of drug-likeness (QED) is 0.289. The molecule has 0 rings (SSSR count). The van der Waals surface area contributed by atoms with Crippen LogP contribution in [0.5, 0.6) is 0 Å². The van der Waals surface area contributed by atoms with Crippen LogP contribution in [0.2, 0.25) is 0 Å². The van der Waals surface area contributed by atoms with E-state index in [9.17, 15) is 4.79 Å². The molecule has 0 amide bonds. The summed E-state index contributed by atoms with van der Waals surface area (Å²) in [6.07, 6.45) is 25.1. The minimum Gasteiger partial charge on any atom is -0.481 e. The summed E-state index contributed by atoms with van der Waals surface area (Å²) in [5.74, 6) is -0.701. The van der Waals surface area contributed by atoms with Gasteiger partial charge in [-0.2, -0.15) is 0 Å². The van der Waals surface area contributed by atoms with Gasteiger partial charge in [-0.25, -0.2) is 0 Å². The van der Waals surface area contributed by atoms with E-state index in [0.29, 0.717) is 6.42 Å². The van der Waals surface area contributed by atoms with Crippen LogP contribution in [-0.2, 0) is 4.79 Å². The number of unbranched alkanes of at least 4 members (excludes halogenated alkanes) is 2. The van der Waals surface area contributed by atoms with Gasteiger partial charge in [0, 0.05) is 6.42 Å². The van der Waals surface area contributed by atoms with Gasteiger partial charge < -0.3 is 5.11 Å². The maximum Gasteiger partial charge on any atom is 0.303 e. The lowest BCUT2D eigenvalue weighted by Gasteiger charge is -2.05. The van der Waals surface area contributed by atoms with Crippen LogP contribution in [0.25, 0.3) is 0 Å². The summed E-state index contributed by atoms with van der Waals surface area (Å²) in [6.45, 7) is 4.26. The Balaban J connectivity index is 3.69. The average Bonchev–Trinajstić information content (AvgIpc) is 2.53. The monoisotopic (exact) mass is 318 g/mol. The Morgan fingerprint density at radius 2 is 1.43 bits per heavy atom. The molecule has 0 aliphatic rings. The SMILES string of the molecule is CCC=C(CCCC/C=C\C/C=C\C/C=C\CC)CCC(=O)O. The molecule has 0 aromatic carbocycles. The van der Waals surface area contributed by atoms with E-state index in [2.05, 4.69) is 56.4 Å². The average molecular weight is 319 g/mol. The van der Waals surface area contributed by atoms with Crippen molar-refractivity contribution < 1.29 is 9.90 Å². The molecule has 0 heterocycles. The molecule has 130 valence electrons. The lowest BCUT2D eigenvalue weighted by Crippen LogP contribution is -1.96. The number of aliphatic carboxylic acids is 1. The van der Waals surface area contributed by atoms with Crippen molar-refractivity contribution in [3.8, 4) is 0 Å². The molecule has 0 spiro atoms. The lowest BCUT2D eigenvalue weighted by molar-refractivity contribution is -0.136. The Bertz CT molecular complexity index is 400. The second-order valence-corrected chi connectivity index (χ2v) is 5.70. The van der Waals surface area contributed by atoms with Crippen molar-refractivity contribution in [2.75, 3.05) is 0 Å². The minimum absolute atomic E-state index is 0.255. The number of carboxylic acids is 1. The second-order valence-electron chi connectivity index (χ2n) is 5.70. The van der Waals surface area contributed by atoms with Crippen LogP contribution in [0.4, 0.5) is 0 Å². The number of hydrogen-bond donors (Lipinski definition) is 1. The molecule has 0 fully saturated rings. The topological polar surface area (TPSA) is 37.3 Å². The Labute approximate surface area is 142 Å². The molecule has 0 bridgehead atoms. The molecule has 0 radical (unpaired) electrons. The highest BCUT2D eigenvalue weighted by molar-refractivity contribution is 5.67. The summed E-state index contributed by atoms with van der Waals surface area (Å²) >= 11 is 0. The van der Waals surface area contributed by atoms with Gasteiger partial charge in [-0.3, -0.25) is 4.79 Å². The fourth-order valence-corrected chi connectivity index (χ4v) is 2.33. The van der Waals surface area contributed by atoms with Crippen LogP contribution in [-0.4, -0.2) is 11.1 Å². The maximum absolute atomic E-state index is 10.6. The Morgan fingerprint density at radius 3 is 2.04 bits per heavy atom. The van der Waals surface area contributed by atoms with Crippen molar-refractivity contribution in [3.05, 3.63) is 48.1 Å². The molecule has 0 aromatic rings. The molecular formula is C21H34O2. The standard InChI is InChI=1S/C21H34O2/c1-3-5-6-7-8-9-10-11-12-13-14-15-17-20(16-4-2)18-19-21(22)23/h5-6,8-9,11-12,16H,3-4,7,10,13-15,17-19H2,1-2H3,(H,22,23)/b6-5-,9-8-,12-11-,20-16?. The van der Waals surface area contributed by atoms with E-state index in [1.165, 1.54) is 12.0 Å². The minimum atomic E-state index is -0.701. The first-order valence-electron chi connectivity index (χ1n) is 9.05. The van der Waals surface area contributed by atoms with Crippen molar-refractivity contribution >= 4 is 5.97 Å². The third kappa shape index (κ3) is 16.6. The van der Waals surface area contributed by atoms with E-state index >= 15 is 0 Å². The smallest absolute Gasteiger partial charge is 0.303 e. The third-order valence-electron chi connectivity index (χ3n) is 3.55. The summed E-state index contributed by atoms with van der Waals surface area (Å²) in [7, 11) is 0. The zero-order valence-corrected chi connectivity index (χ0v) is 15.0. The Morgan fingerprint density at radius 1 is 0.783 bits per heavy atom. The number of carbonyl (C=O) groups is 1. The van der Waals surface area contributed by atoms with Crippen LogP contribution in [0.15, 0.2) is 48.1 Å². The van der Waals surface area contributed by atoms with Crippen molar-refractivity contribution in [2.45, 2.75) is 78.1 Å². The second kappa shape index (κ2) is 16.8. The van der Waals surface area contributed by atoms with E-state index in [4.69, 9.17) is 5.11 Å². The first-order chi connectivity index (χ1) is 11.2. The van der Waals surface area contributed by atoms with Crippen LogP contribution in [0.3, 0.4) is 0 Å². The van der Waals surface area contributed by atoms with Gasteiger partial charge in [0.2, 0.25) is 0 Å².